The fourth-order valence-corrected chi connectivity index (χ4v) is 4.57. The number of anilines is 1. The highest BCUT2D eigenvalue weighted by molar-refractivity contribution is 7.98. The smallest absolute Gasteiger partial charge is 0.258 e. The molecule has 5 nitrogen and oxygen atoms in total. The molecule has 9 heteroatoms. The summed E-state index contributed by atoms with van der Waals surface area (Å²) in [6, 6.07) is 9.28. The fraction of sp³-hybridized carbons (Fsp3) is 0.167. The van der Waals surface area contributed by atoms with E-state index in [1.54, 1.807) is 35.2 Å². The molecule has 140 valence electrons. The van der Waals surface area contributed by atoms with Crippen molar-refractivity contribution < 1.29 is 9.59 Å². The predicted molar refractivity (Wildman–Crippen MR) is 114 cm³/mol. The van der Waals surface area contributed by atoms with E-state index in [2.05, 4.69) is 15.6 Å². The van der Waals surface area contributed by atoms with Gasteiger partial charge in [-0.3, -0.25) is 14.9 Å². The zero-order chi connectivity index (χ0) is 19.4. The van der Waals surface area contributed by atoms with Gasteiger partial charge >= 0.3 is 0 Å². The molecule has 2 aromatic heterocycles. The number of benzene rings is 1. The van der Waals surface area contributed by atoms with E-state index in [4.69, 9.17) is 11.6 Å². The summed E-state index contributed by atoms with van der Waals surface area (Å²) in [5.41, 5.74) is 1.22. The number of thiophene rings is 1. The molecule has 0 aliphatic carbocycles. The summed E-state index contributed by atoms with van der Waals surface area (Å²) >= 11 is 10.6. The Morgan fingerprint density at radius 2 is 2.07 bits per heavy atom. The molecule has 1 aromatic carbocycles. The summed E-state index contributed by atoms with van der Waals surface area (Å²) in [5, 5.41) is 8.39. The highest BCUT2D eigenvalue weighted by atomic mass is 35.5. The van der Waals surface area contributed by atoms with Gasteiger partial charge in [-0.25, -0.2) is 4.98 Å². The van der Waals surface area contributed by atoms with E-state index in [-0.39, 0.29) is 11.8 Å². The second kappa shape index (κ2) is 8.88. The van der Waals surface area contributed by atoms with E-state index in [9.17, 15) is 9.59 Å². The number of carbonyl (C=O) groups is 2. The lowest BCUT2D eigenvalue weighted by Crippen LogP contribution is -2.17. The van der Waals surface area contributed by atoms with Crippen molar-refractivity contribution in [2.24, 2.45) is 0 Å². The molecule has 2 amide bonds. The summed E-state index contributed by atoms with van der Waals surface area (Å²) in [6.07, 6.45) is 1.94. The van der Waals surface area contributed by atoms with Crippen LogP contribution >= 0.6 is 46.0 Å². The monoisotopic (exact) mass is 437 g/mol. The van der Waals surface area contributed by atoms with Gasteiger partial charge in [0, 0.05) is 22.1 Å². The molecule has 2 N–H and O–H groups in total. The molecule has 3 rings (SSSR count). The highest BCUT2D eigenvalue weighted by Gasteiger charge is 2.14. The quantitative estimate of drug-likeness (QED) is 0.524. The Hall–Kier alpha value is -1.87. The molecule has 0 aliphatic rings. The Kier molecular flexibility index (Phi) is 6.54. The maximum absolute atomic E-state index is 12.5. The van der Waals surface area contributed by atoms with Crippen molar-refractivity contribution in [2.45, 2.75) is 18.4 Å². The molecule has 27 heavy (non-hydrogen) atoms. The highest BCUT2D eigenvalue weighted by Crippen LogP contribution is 2.31. The molecule has 0 radical (unpaired) electrons. The SMILES string of the molecule is CSc1ccc(Cl)c(C(=O)Nc2nc(-c3ccc(CNC(C)=O)s3)cs2)c1. The minimum absolute atomic E-state index is 0.0622. The minimum Gasteiger partial charge on any atom is -0.351 e. The molecular weight excluding hydrogens is 422 g/mol. The average molecular weight is 438 g/mol. The first-order chi connectivity index (χ1) is 13.0. The Morgan fingerprint density at radius 3 is 2.81 bits per heavy atom. The number of nitrogens with one attached hydrogen (secondary N) is 2. The Balaban J connectivity index is 1.71. The minimum atomic E-state index is -0.283. The lowest BCUT2D eigenvalue weighted by molar-refractivity contribution is -0.119. The van der Waals surface area contributed by atoms with E-state index in [0.29, 0.717) is 22.3 Å². The van der Waals surface area contributed by atoms with Crippen molar-refractivity contribution in [3.8, 4) is 10.6 Å². The van der Waals surface area contributed by atoms with Gasteiger partial charge < -0.3 is 5.32 Å². The van der Waals surface area contributed by atoms with Crippen LogP contribution in [0.1, 0.15) is 22.2 Å². The predicted octanol–water partition coefficient (Wildman–Crippen LogP) is 5.14. The Bertz CT molecular complexity index is 984. The van der Waals surface area contributed by atoms with E-state index in [1.165, 1.54) is 18.3 Å². The molecule has 0 spiro atoms. The molecule has 2 heterocycles. The molecule has 0 fully saturated rings. The zero-order valence-electron chi connectivity index (χ0n) is 14.5. The number of nitrogens with zero attached hydrogens (tertiary/aromatic N) is 1. The number of halogens is 1. The van der Waals surface area contributed by atoms with Gasteiger partial charge in [-0.1, -0.05) is 11.6 Å². The Labute approximate surface area is 174 Å². The van der Waals surface area contributed by atoms with Crippen molar-refractivity contribution >= 4 is 63.0 Å². The molecule has 0 unspecified atom stereocenters. The van der Waals surface area contributed by atoms with E-state index < -0.39 is 0 Å². The van der Waals surface area contributed by atoms with Gasteiger partial charge in [0.2, 0.25) is 5.91 Å². The van der Waals surface area contributed by atoms with Crippen LogP contribution in [0.25, 0.3) is 10.6 Å². The van der Waals surface area contributed by atoms with Crippen LogP contribution in [-0.4, -0.2) is 23.1 Å². The normalized spacial score (nSPS) is 10.6. The van der Waals surface area contributed by atoms with Crippen LogP contribution in [0.2, 0.25) is 5.02 Å². The molecule has 0 saturated carbocycles. The van der Waals surface area contributed by atoms with Crippen LogP contribution in [-0.2, 0) is 11.3 Å². The van der Waals surface area contributed by atoms with Crippen LogP contribution in [0.3, 0.4) is 0 Å². The zero-order valence-corrected chi connectivity index (χ0v) is 17.7. The summed E-state index contributed by atoms with van der Waals surface area (Å²) in [4.78, 5) is 31.0. The average Bonchev–Trinajstić information content (AvgIpc) is 3.29. The summed E-state index contributed by atoms with van der Waals surface area (Å²) < 4.78 is 0. The molecule has 3 aromatic rings. The van der Waals surface area contributed by atoms with E-state index in [1.807, 2.05) is 29.8 Å². The van der Waals surface area contributed by atoms with Gasteiger partial charge in [-0.2, -0.15) is 0 Å². The van der Waals surface area contributed by atoms with Crippen molar-refractivity contribution in [3.63, 3.8) is 0 Å². The van der Waals surface area contributed by atoms with Crippen LogP contribution < -0.4 is 10.6 Å². The second-order valence-electron chi connectivity index (χ2n) is 5.51. The Morgan fingerprint density at radius 1 is 1.26 bits per heavy atom. The third kappa shape index (κ3) is 5.10. The number of hydrogen-bond acceptors (Lipinski definition) is 6. The summed E-state index contributed by atoms with van der Waals surface area (Å²) in [7, 11) is 0. The maximum atomic E-state index is 12.5. The number of thioether (sulfide) groups is 1. The van der Waals surface area contributed by atoms with Gasteiger partial charge in [0.25, 0.3) is 5.91 Å². The maximum Gasteiger partial charge on any atom is 0.258 e. The first-order valence-corrected chi connectivity index (χ1v) is 11.2. The van der Waals surface area contributed by atoms with Gasteiger partial charge in [-0.15, -0.1) is 34.4 Å². The largest absolute Gasteiger partial charge is 0.351 e. The number of thiazole rings is 1. The van der Waals surface area contributed by atoms with Crippen molar-refractivity contribution in [1.29, 1.82) is 0 Å². The van der Waals surface area contributed by atoms with Crippen molar-refractivity contribution in [2.75, 3.05) is 11.6 Å². The summed E-state index contributed by atoms with van der Waals surface area (Å²) in [5.74, 6) is -0.345. The summed E-state index contributed by atoms with van der Waals surface area (Å²) in [6.45, 7) is 1.99. The molecule has 0 bridgehead atoms. The standard InChI is InChI=1S/C18H16ClN3O2S3/c1-10(23)20-8-12-4-6-16(27-12)15-9-26-18(21-15)22-17(24)13-7-11(25-2)3-5-14(13)19/h3-7,9H,8H2,1-2H3,(H,20,23)(H,21,22,24). The first-order valence-electron chi connectivity index (χ1n) is 7.90. The number of aromatic nitrogens is 1. The van der Waals surface area contributed by atoms with Gasteiger partial charge in [0.15, 0.2) is 5.13 Å². The number of carbonyl (C=O) groups excluding carboxylic acids is 2. The number of rotatable bonds is 6. The second-order valence-corrected chi connectivity index (χ2v) is 8.83. The topological polar surface area (TPSA) is 71.1 Å². The van der Waals surface area contributed by atoms with Crippen LogP contribution in [0.5, 0.6) is 0 Å². The third-order valence-electron chi connectivity index (χ3n) is 3.57. The number of amides is 2. The van der Waals surface area contributed by atoms with Crippen molar-refractivity contribution in [1.82, 2.24) is 10.3 Å². The number of hydrogen-bond donors (Lipinski definition) is 2. The lowest BCUT2D eigenvalue weighted by Gasteiger charge is -2.06. The lowest BCUT2D eigenvalue weighted by atomic mass is 10.2. The van der Waals surface area contributed by atoms with Crippen LogP contribution in [0.4, 0.5) is 5.13 Å². The molecular formula is C18H16ClN3O2S3. The van der Waals surface area contributed by atoms with Crippen molar-refractivity contribution in [3.05, 3.63) is 51.2 Å². The van der Waals surface area contributed by atoms with Gasteiger partial charge in [0.05, 0.1) is 27.7 Å². The van der Waals surface area contributed by atoms with E-state index in [0.717, 1.165) is 20.3 Å². The molecule has 0 aliphatic heterocycles. The fourth-order valence-electron chi connectivity index (χ4n) is 2.24. The van der Waals surface area contributed by atoms with Crippen LogP contribution in [0, 0.1) is 0 Å². The third-order valence-corrected chi connectivity index (χ3v) is 6.49. The molecule has 0 saturated heterocycles. The molecule has 0 atom stereocenters. The van der Waals surface area contributed by atoms with E-state index >= 15 is 0 Å². The van der Waals surface area contributed by atoms with Gasteiger partial charge in [0.1, 0.15) is 0 Å². The first kappa shape index (κ1) is 19.9. The van der Waals surface area contributed by atoms with Crippen LogP contribution in [0.15, 0.2) is 40.6 Å². The van der Waals surface area contributed by atoms with Gasteiger partial charge in [-0.05, 0) is 36.6 Å².